The minimum atomic E-state index is -1.25. The quantitative estimate of drug-likeness (QED) is 0.534. The fourth-order valence-corrected chi connectivity index (χ4v) is 4.75. The summed E-state index contributed by atoms with van der Waals surface area (Å²) in [6.45, 7) is 3.31. The predicted molar refractivity (Wildman–Crippen MR) is 130 cm³/mol. The number of aliphatic imine (C=N–C) groups is 1. The number of guanidine groups is 1. The third-order valence-electron chi connectivity index (χ3n) is 5.18. The van der Waals surface area contributed by atoms with Gasteiger partial charge < -0.3 is 15.2 Å². The van der Waals surface area contributed by atoms with Gasteiger partial charge in [-0.15, -0.1) is 11.3 Å². The molecule has 0 radical (unpaired) electrons. The number of methoxy groups -OCH3 is 2. The van der Waals surface area contributed by atoms with Crippen molar-refractivity contribution in [1.29, 1.82) is 0 Å². The topological polar surface area (TPSA) is 103 Å². The van der Waals surface area contributed by atoms with Crippen LogP contribution in [0.4, 0.5) is 0 Å². The lowest BCUT2D eigenvalue weighted by atomic mass is 9.82. The lowest BCUT2D eigenvalue weighted by Gasteiger charge is -2.26. The first-order valence-electron chi connectivity index (χ1n) is 10.1. The van der Waals surface area contributed by atoms with Crippen molar-refractivity contribution >= 4 is 34.8 Å². The molecule has 3 aromatic rings. The summed E-state index contributed by atoms with van der Waals surface area (Å²) in [4.78, 5) is 28.4. The molecule has 1 aromatic carbocycles. The molecule has 1 aliphatic heterocycles. The molecule has 0 aliphatic carbocycles. The molecule has 4 rings (SSSR count). The van der Waals surface area contributed by atoms with Gasteiger partial charge in [-0.1, -0.05) is 29.8 Å². The highest BCUT2D eigenvalue weighted by Gasteiger charge is 2.50. The van der Waals surface area contributed by atoms with Crippen molar-refractivity contribution in [2.45, 2.75) is 12.5 Å². The number of aryl methyl sites for hydroxylation is 1. The van der Waals surface area contributed by atoms with E-state index in [9.17, 15) is 4.79 Å². The molecule has 0 saturated carbocycles. The second kappa shape index (κ2) is 10.8. The molecule has 1 amide bonds. The minimum Gasteiger partial charge on any atom is -0.382 e. The molecule has 174 valence electrons. The van der Waals surface area contributed by atoms with Crippen molar-refractivity contribution in [1.82, 2.24) is 14.9 Å². The number of hydrogen-bond donors (Lipinski definition) is 1. The number of benzene rings is 1. The second-order valence-electron chi connectivity index (χ2n) is 7.26. The number of hydrogen-bond acceptors (Lipinski definition) is 8. The zero-order chi connectivity index (χ0) is 24.0. The molecule has 2 N–H and O–H groups in total. The number of ether oxygens (including phenoxy) is 2. The molecule has 0 saturated heterocycles. The third kappa shape index (κ3) is 5.06. The van der Waals surface area contributed by atoms with E-state index in [1.54, 1.807) is 39.7 Å². The van der Waals surface area contributed by atoms with Crippen molar-refractivity contribution in [3.8, 4) is 11.1 Å². The molecule has 33 heavy (non-hydrogen) atoms. The Morgan fingerprint density at radius 3 is 2.30 bits per heavy atom. The van der Waals surface area contributed by atoms with E-state index >= 15 is 0 Å². The van der Waals surface area contributed by atoms with E-state index < -0.39 is 5.54 Å². The highest BCUT2D eigenvalue weighted by molar-refractivity contribution is 7.16. The van der Waals surface area contributed by atoms with Crippen LogP contribution in [-0.2, 0) is 19.8 Å². The van der Waals surface area contributed by atoms with E-state index in [-0.39, 0.29) is 11.9 Å². The van der Waals surface area contributed by atoms with Crippen molar-refractivity contribution in [2.24, 2.45) is 10.7 Å². The fraction of sp³-hybridized carbons (Fsp3) is 0.304. The van der Waals surface area contributed by atoms with E-state index in [4.69, 9.17) is 17.3 Å². The molecule has 1 atom stereocenters. The maximum absolute atomic E-state index is 13.3. The summed E-state index contributed by atoms with van der Waals surface area (Å²) in [7, 11) is 4.93. The van der Waals surface area contributed by atoms with E-state index in [1.807, 2.05) is 31.2 Å². The van der Waals surface area contributed by atoms with E-state index in [0.29, 0.717) is 17.6 Å². The van der Waals surface area contributed by atoms with Crippen molar-refractivity contribution < 1.29 is 14.3 Å². The van der Waals surface area contributed by atoms with Crippen LogP contribution in [0.25, 0.3) is 11.1 Å². The molecule has 3 heterocycles. The van der Waals surface area contributed by atoms with Gasteiger partial charge in [0.1, 0.15) is 6.33 Å². The SMILES string of the molecule is COCCOC.Cc1sc(Cl)cc1C1(c2cccc(-c3cncnc3)c2)N=C(N)N(C)C1=O. The summed E-state index contributed by atoms with van der Waals surface area (Å²) < 4.78 is 9.92. The molecule has 10 heteroatoms. The van der Waals surface area contributed by atoms with Crippen molar-refractivity contribution in [2.75, 3.05) is 34.5 Å². The van der Waals surface area contributed by atoms with Gasteiger partial charge in [-0.3, -0.25) is 9.69 Å². The van der Waals surface area contributed by atoms with Crippen LogP contribution in [0.5, 0.6) is 0 Å². The zero-order valence-corrected chi connectivity index (χ0v) is 20.5. The number of nitrogens with zero attached hydrogens (tertiary/aromatic N) is 4. The van der Waals surface area contributed by atoms with Gasteiger partial charge in [-0.25, -0.2) is 15.0 Å². The van der Waals surface area contributed by atoms with Gasteiger partial charge in [0.05, 0.1) is 17.6 Å². The van der Waals surface area contributed by atoms with E-state index in [1.165, 1.54) is 22.6 Å². The lowest BCUT2D eigenvalue weighted by Crippen LogP contribution is -2.41. The monoisotopic (exact) mass is 487 g/mol. The number of thiophene rings is 1. The van der Waals surface area contributed by atoms with Gasteiger partial charge in [0.25, 0.3) is 5.91 Å². The number of amides is 1. The lowest BCUT2D eigenvalue weighted by molar-refractivity contribution is -0.129. The summed E-state index contributed by atoms with van der Waals surface area (Å²) in [6.07, 6.45) is 4.93. The number of nitrogens with two attached hydrogens (primary N) is 1. The van der Waals surface area contributed by atoms with Crippen LogP contribution in [0.1, 0.15) is 16.0 Å². The van der Waals surface area contributed by atoms with Gasteiger partial charge >= 0.3 is 0 Å². The first-order chi connectivity index (χ1) is 15.8. The maximum atomic E-state index is 13.3. The van der Waals surface area contributed by atoms with Crippen LogP contribution in [0.15, 0.2) is 54.0 Å². The average Bonchev–Trinajstić information content (AvgIpc) is 3.29. The third-order valence-corrected chi connectivity index (χ3v) is 6.36. The zero-order valence-electron chi connectivity index (χ0n) is 18.9. The maximum Gasteiger partial charge on any atom is 0.266 e. The Hall–Kier alpha value is -2.85. The Morgan fingerprint density at radius 1 is 1.12 bits per heavy atom. The number of carbonyl (C=O) groups excluding carboxylic acids is 1. The number of rotatable bonds is 6. The summed E-state index contributed by atoms with van der Waals surface area (Å²) in [5, 5.41) is 0. The Morgan fingerprint density at radius 2 is 1.79 bits per heavy atom. The smallest absolute Gasteiger partial charge is 0.266 e. The molecule has 2 aromatic heterocycles. The molecule has 8 nitrogen and oxygen atoms in total. The summed E-state index contributed by atoms with van der Waals surface area (Å²) in [5.41, 5.74) is 7.99. The van der Waals surface area contributed by atoms with Crippen LogP contribution < -0.4 is 5.73 Å². The van der Waals surface area contributed by atoms with Gasteiger partial charge in [-0.05, 0) is 30.2 Å². The van der Waals surface area contributed by atoms with Crippen molar-refractivity contribution in [3.63, 3.8) is 0 Å². The molecule has 0 spiro atoms. The van der Waals surface area contributed by atoms with Crippen LogP contribution >= 0.6 is 22.9 Å². The fourth-order valence-electron chi connectivity index (χ4n) is 3.50. The highest BCUT2D eigenvalue weighted by atomic mass is 35.5. The summed E-state index contributed by atoms with van der Waals surface area (Å²) in [6, 6.07) is 9.44. The number of carbonyl (C=O) groups is 1. The molecule has 0 fully saturated rings. The molecule has 0 bridgehead atoms. The Labute approximate surface area is 202 Å². The summed E-state index contributed by atoms with van der Waals surface area (Å²) in [5.74, 6) is -0.0331. The van der Waals surface area contributed by atoms with Crippen LogP contribution in [-0.4, -0.2) is 61.2 Å². The van der Waals surface area contributed by atoms with E-state index in [2.05, 4.69) is 24.4 Å². The first-order valence-corrected chi connectivity index (χ1v) is 11.3. The molecular weight excluding hydrogens is 462 g/mol. The molecule has 1 unspecified atom stereocenters. The highest BCUT2D eigenvalue weighted by Crippen LogP contribution is 2.44. The Balaban J connectivity index is 0.000000454. The minimum absolute atomic E-state index is 0.176. The van der Waals surface area contributed by atoms with Gasteiger partial charge in [-0.2, -0.15) is 0 Å². The van der Waals surface area contributed by atoms with Crippen molar-refractivity contribution in [3.05, 3.63) is 69.4 Å². The van der Waals surface area contributed by atoms with E-state index in [0.717, 1.165) is 27.1 Å². The van der Waals surface area contributed by atoms with Gasteiger partial charge in [0.2, 0.25) is 0 Å². The van der Waals surface area contributed by atoms with Gasteiger partial charge in [0.15, 0.2) is 11.5 Å². The normalized spacial score (nSPS) is 17.5. The largest absolute Gasteiger partial charge is 0.382 e. The second-order valence-corrected chi connectivity index (χ2v) is 9.15. The standard InChI is InChI=1S/C19H16ClN5OS.C4H10O2/c1-11-15(7-16(20)27-11)19(17(26)25(2)18(21)24-19)14-5-3-4-12(6-14)13-8-22-10-23-9-13;1-5-3-4-6-2/h3-10H,1-2H3,(H2,21,24);3-4H2,1-2H3. The van der Waals surface area contributed by atoms with Crippen LogP contribution in [0.2, 0.25) is 4.34 Å². The van der Waals surface area contributed by atoms with Crippen LogP contribution in [0, 0.1) is 6.92 Å². The molecule has 1 aliphatic rings. The van der Waals surface area contributed by atoms with Crippen LogP contribution in [0.3, 0.4) is 0 Å². The number of aromatic nitrogens is 2. The number of likely N-dealkylation sites (N-methyl/N-ethyl adjacent to an activating group) is 1. The van der Waals surface area contributed by atoms with Gasteiger partial charge in [0, 0.05) is 49.7 Å². The number of halogens is 1. The first kappa shape index (κ1) is 24.8. The summed E-state index contributed by atoms with van der Waals surface area (Å²) >= 11 is 7.66. The average molecular weight is 488 g/mol. The Bertz CT molecular complexity index is 1130. The Kier molecular flexibility index (Phi) is 8.15. The predicted octanol–water partition coefficient (Wildman–Crippen LogP) is 3.48. The molecular formula is C23H26ClN5O3S.